The summed E-state index contributed by atoms with van der Waals surface area (Å²) < 4.78 is -2.03. The standard InChI is InChI=1S/C22H33Cl3N4O5/c1-2-3-4-5-6-7-8-9-10-11-12-13-20(30)27-21(22(23,24)25)26-18-15-14-17(28(31)32)16-19(18)29(33)34/h14-16,21,26H,2-13H2,1H3,(H,27,30). The van der Waals surface area contributed by atoms with Gasteiger partial charge >= 0.3 is 0 Å². The molecule has 0 aliphatic carbocycles. The third kappa shape index (κ3) is 12.0. The first kappa shape index (κ1) is 30.2. The number of nitro benzene ring substituents is 2. The van der Waals surface area contributed by atoms with Crippen molar-refractivity contribution < 1.29 is 14.6 Å². The lowest BCUT2D eigenvalue weighted by Gasteiger charge is -2.27. The van der Waals surface area contributed by atoms with E-state index < -0.39 is 31.2 Å². The van der Waals surface area contributed by atoms with E-state index in [2.05, 4.69) is 17.6 Å². The van der Waals surface area contributed by atoms with Crippen molar-refractivity contribution in [3.8, 4) is 0 Å². The molecule has 0 saturated heterocycles. The van der Waals surface area contributed by atoms with E-state index in [0.29, 0.717) is 6.42 Å². The fourth-order valence-corrected chi connectivity index (χ4v) is 3.77. The molecule has 1 aromatic rings. The first-order valence-electron chi connectivity index (χ1n) is 11.6. The highest BCUT2D eigenvalue weighted by molar-refractivity contribution is 6.68. The molecule has 0 aliphatic heterocycles. The first-order valence-corrected chi connectivity index (χ1v) is 12.7. The van der Waals surface area contributed by atoms with E-state index in [1.165, 1.54) is 44.9 Å². The molecule has 1 aromatic carbocycles. The predicted octanol–water partition coefficient (Wildman–Crippen LogP) is 7.43. The van der Waals surface area contributed by atoms with E-state index >= 15 is 0 Å². The fourth-order valence-electron chi connectivity index (χ4n) is 3.44. The van der Waals surface area contributed by atoms with Gasteiger partial charge in [-0.2, -0.15) is 0 Å². The number of benzene rings is 1. The average molecular weight is 540 g/mol. The van der Waals surface area contributed by atoms with Crippen molar-refractivity contribution in [3.63, 3.8) is 0 Å². The normalized spacial score (nSPS) is 12.2. The number of alkyl halides is 3. The van der Waals surface area contributed by atoms with Crippen LogP contribution in [0.15, 0.2) is 18.2 Å². The molecule has 1 atom stereocenters. The van der Waals surface area contributed by atoms with E-state index in [1.54, 1.807) is 0 Å². The zero-order chi connectivity index (χ0) is 25.6. The lowest BCUT2D eigenvalue weighted by molar-refractivity contribution is -0.393. The lowest BCUT2D eigenvalue weighted by Crippen LogP contribution is -2.49. The number of nitrogens with one attached hydrogen (secondary N) is 2. The Labute approximate surface area is 215 Å². The quantitative estimate of drug-likeness (QED) is 0.0696. The topological polar surface area (TPSA) is 127 Å². The summed E-state index contributed by atoms with van der Waals surface area (Å²) in [7, 11) is 0. The SMILES string of the molecule is CCCCCCCCCCCCCC(=O)NC(Nc1ccc([N+](=O)[O-])cc1[N+](=O)[O-])C(Cl)(Cl)Cl. The number of hydrogen-bond donors (Lipinski definition) is 2. The first-order chi connectivity index (χ1) is 16.1. The number of non-ortho nitro benzene ring substituents is 1. The third-order valence-corrected chi connectivity index (χ3v) is 5.98. The molecule has 192 valence electrons. The molecule has 0 saturated carbocycles. The van der Waals surface area contributed by atoms with E-state index in [4.69, 9.17) is 34.8 Å². The molecular weight excluding hydrogens is 507 g/mol. The predicted molar refractivity (Wildman–Crippen MR) is 137 cm³/mol. The Morgan fingerprint density at radius 2 is 1.44 bits per heavy atom. The third-order valence-electron chi connectivity index (χ3n) is 5.33. The second-order valence-electron chi connectivity index (χ2n) is 8.19. The van der Waals surface area contributed by atoms with Crippen LogP contribution in [0, 0.1) is 20.2 Å². The van der Waals surface area contributed by atoms with Crippen molar-refractivity contribution in [2.45, 2.75) is 93.9 Å². The van der Waals surface area contributed by atoms with Crippen molar-refractivity contribution in [2.24, 2.45) is 0 Å². The Kier molecular flexibility index (Phi) is 14.2. The van der Waals surface area contributed by atoms with E-state index in [0.717, 1.165) is 37.5 Å². The number of carbonyl (C=O) groups excluding carboxylic acids is 1. The Bertz CT molecular complexity index is 805. The number of hydrogen-bond acceptors (Lipinski definition) is 6. The zero-order valence-corrected chi connectivity index (χ0v) is 21.6. The highest BCUT2D eigenvalue weighted by Crippen LogP contribution is 2.35. The van der Waals surface area contributed by atoms with Crippen LogP contribution in [0.1, 0.15) is 84.0 Å². The Hall–Kier alpha value is -1.84. The van der Waals surface area contributed by atoms with Crippen LogP contribution in [0.3, 0.4) is 0 Å². The van der Waals surface area contributed by atoms with Crippen molar-refractivity contribution in [3.05, 3.63) is 38.4 Å². The highest BCUT2D eigenvalue weighted by Gasteiger charge is 2.35. The number of amides is 1. The van der Waals surface area contributed by atoms with Crippen molar-refractivity contribution in [2.75, 3.05) is 5.32 Å². The average Bonchev–Trinajstić information content (AvgIpc) is 2.76. The number of rotatable bonds is 17. The zero-order valence-electron chi connectivity index (χ0n) is 19.4. The minimum Gasteiger partial charge on any atom is -0.356 e. The number of carbonyl (C=O) groups is 1. The second kappa shape index (κ2) is 15.9. The van der Waals surface area contributed by atoms with Crippen molar-refractivity contribution in [1.82, 2.24) is 5.32 Å². The van der Waals surface area contributed by atoms with Gasteiger partial charge in [0.2, 0.25) is 9.70 Å². The lowest BCUT2D eigenvalue weighted by atomic mass is 10.1. The Morgan fingerprint density at radius 3 is 1.91 bits per heavy atom. The summed E-state index contributed by atoms with van der Waals surface area (Å²) >= 11 is 17.9. The molecule has 0 fully saturated rings. The summed E-state index contributed by atoms with van der Waals surface area (Å²) in [4.78, 5) is 33.1. The molecule has 9 nitrogen and oxygen atoms in total. The summed E-state index contributed by atoms with van der Waals surface area (Å²) in [5, 5.41) is 27.4. The molecule has 0 bridgehead atoms. The van der Waals surface area contributed by atoms with Gasteiger partial charge < -0.3 is 10.6 Å². The molecule has 0 aliphatic rings. The highest BCUT2D eigenvalue weighted by atomic mass is 35.6. The minimum absolute atomic E-state index is 0.123. The number of unbranched alkanes of at least 4 members (excludes halogenated alkanes) is 10. The van der Waals surface area contributed by atoms with Gasteiger partial charge in [0.1, 0.15) is 11.9 Å². The van der Waals surface area contributed by atoms with Gasteiger partial charge in [0, 0.05) is 12.5 Å². The van der Waals surface area contributed by atoms with Crippen LogP contribution in [0.5, 0.6) is 0 Å². The molecule has 1 rings (SSSR count). The molecule has 0 spiro atoms. The van der Waals surface area contributed by atoms with Gasteiger partial charge in [0.25, 0.3) is 11.4 Å². The number of halogens is 3. The number of anilines is 1. The summed E-state index contributed by atoms with van der Waals surface area (Å²) in [6, 6.07) is 3.01. The van der Waals surface area contributed by atoms with E-state index in [-0.39, 0.29) is 18.0 Å². The summed E-state index contributed by atoms with van der Waals surface area (Å²) in [6.45, 7) is 2.21. The fraction of sp³-hybridized carbons (Fsp3) is 0.682. The maximum atomic E-state index is 12.4. The number of nitrogens with zero attached hydrogens (tertiary/aromatic N) is 2. The maximum Gasteiger partial charge on any atom is 0.299 e. The molecule has 0 radical (unpaired) electrons. The van der Waals surface area contributed by atoms with Crippen LogP contribution >= 0.6 is 34.8 Å². The van der Waals surface area contributed by atoms with E-state index in [9.17, 15) is 25.0 Å². The van der Waals surface area contributed by atoms with Gasteiger partial charge in [-0.1, -0.05) is 106 Å². The van der Waals surface area contributed by atoms with Crippen LogP contribution in [-0.2, 0) is 4.79 Å². The van der Waals surface area contributed by atoms with Crippen molar-refractivity contribution in [1.29, 1.82) is 0 Å². The molecule has 2 N–H and O–H groups in total. The van der Waals surface area contributed by atoms with Crippen LogP contribution in [0.25, 0.3) is 0 Å². The van der Waals surface area contributed by atoms with E-state index in [1.807, 2.05) is 0 Å². The van der Waals surface area contributed by atoms with Gasteiger partial charge in [-0.05, 0) is 12.5 Å². The van der Waals surface area contributed by atoms with Gasteiger partial charge in [0.05, 0.1) is 15.9 Å². The summed E-state index contributed by atoms with van der Waals surface area (Å²) in [6.07, 6.45) is 11.6. The summed E-state index contributed by atoms with van der Waals surface area (Å²) in [5.41, 5.74) is -1.15. The second-order valence-corrected chi connectivity index (χ2v) is 10.6. The van der Waals surface area contributed by atoms with Crippen molar-refractivity contribution >= 4 is 57.8 Å². The Balaban J connectivity index is 2.50. The van der Waals surface area contributed by atoms with Gasteiger partial charge in [-0.15, -0.1) is 0 Å². The molecular formula is C22H33Cl3N4O5. The molecule has 12 heteroatoms. The molecule has 0 heterocycles. The van der Waals surface area contributed by atoms with Crippen LogP contribution in [-0.4, -0.2) is 25.7 Å². The molecule has 0 aromatic heterocycles. The van der Waals surface area contributed by atoms with Crippen LogP contribution < -0.4 is 10.6 Å². The largest absolute Gasteiger partial charge is 0.356 e. The molecule has 1 amide bonds. The van der Waals surface area contributed by atoms with Crippen LogP contribution in [0.4, 0.5) is 17.1 Å². The monoisotopic (exact) mass is 538 g/mol. The van der Waals surface area contributed by atoms with Gasteiger partial charge in [-0.3, -0.25) is 25.0 Å². The smallest absolute Gasteiger partial charge is 0.299 e. The molecule has 34 heavy (non-hydrogen) atoms. The van der Waals surface area contributed by atoms with Gasteiger partial charge in [-0.25, -0.2) is 0 Å². The minimum atomic E-state index is -2.03. The van der Waals surface area contributed by atoms with Crippen LogP contribution in [0.2, 0.25) is 0 Å². The summed E-state index contributed by atoms with van der Waals surface area (Å²) in [5.74, 6) is -0.371. The molecule has 1 unspecified atom stereocenters. The van der Waals surface area contributed by atoms with Gasteiger partial charge in [0.15, 0.2) is 0 Å². The number of nitro groups is 2. The Morgan fingerprint density at radius 1 is 0.912 bits per heavy atom. The maximum absolute atomic E-state index is 12.4.